The molecule has 30 heavy (non-hydrogen) atoms. The second-order valence-corrected chi connectivity index (χ2v) is 7.37. The summed E-state index contributed by atoms with van der Waals surface area (Å²) in [5, 5.41) is 2.88. The third-order valence-corrected chi connectivity index (χ3v) is 5.04. The second-order valence-electron chi connectivity index (χ2n) is 6.50. The van der Waals surface area contributed by atoms with Crippen molar-refractivity contribution < 1.29 is 23.0 Å². The van der Waals surface area contributed by atoms with E-state index in [4.69, 9.17) is 4.74 Å². The highest BCUT2D eigenvalue weighted by Gasteiger charge is 2.14. The minimum absolute atomic E-state index is 0.0251. The maximum Gasteiger partial charge on any atom is 0.387 e. The number of nitrogens with zero attached hydrogens (tertiary/aromatic N) is 2. The number of amides is 1. The van der Waals surface area contributed by atoms with Crippen molar-refractivity contribution in [3.63, 3.8) is 0 Å². The number of alkyl halides is 2. The van der Waals surface area contributed by atoms with E-state index in [9.17, 15) is 13.6 Å². The molecule has 1 amide bonds. The van der Waals surface area contributed by atoms with Gasteiger partial charge in [0, 0.05) is 6.54 Å². The summed E-state index contributed by atoms with van der Waals surface area (Å²) in [7, 11) is 1.39. The van der Waals surface area contributed by atoms with E-state index in [-0.39, 0.29) is 24.0 Å². The van der Waals surface area contributed by atoms with Gasteiger partial charge in [-0.3, -0.25) is 4.79 Å². The number of para-hydroxylation sites is 2. The largest absolute Gasteiger partial charge is 0.493 e. The Hall–Kier alpha value is -2.81. The number of aromatic nitrogens is 2. The normalized spacial score (nSPS) is 11.1. The molecular formula is C21H23F2N3O3S. The Morgan fingerprint density at radius 3 is 2.77 bits per heavy atom. The van der Waals surface area contributed by atoms with Crippen molar-refractivity contribution in [3.8, 4) is 11.5 Å². The fraction of sp³-hybridized carbons (Fsp3) is 0.333. The summed E-state index contributed by atoms with van der Waals surface area (Å²) in [6.07, 6.45) is 2.46. The maximum absolute atomic E-state index is 12.6. The van der Waals surface area contributed by atoms with Gasteiger partial charge >= 0.3 is 6.61 Å². The lowest BCUT2D eigenvalue weighted by molar-refractivity contribution is -0.121. The molecule has 0 saturated carbocycles. The maximum atomic E-state index is 12.6. The molecule has 0 aliphatic heterocycles. The molecule has 0 radical (unpaired) electrons. The number of carbonyl (C=O) groups is 1. The number of halogens is 2. The van der Waals surface area contributed by atoms with Crippen LogP contribution in [0.4, 0.5) is 8.78 Å². The zero-order valence-electron chi connectivity index (χ0n) is 16.7. The number of fused-ring (bicyclic) bond motifs is 1. The predicted octanol–water partition coefficient (Wildman–Crippen LogP) is 3.87. The minimum atomic E-state index is -2.94. The van der Waals surface area contributed by atoms with Gasteiger partial charge in [-0.2, -0.15) is 20.5 Å². The van der Waals surface area contributed by atoms with Crippen LogP contribution in [0.3, 0.4) is 0 Å². The molecule has 1 N–H and O–H groups in total. The fourth-order valence-corrected chi connectivity index (χ4v) is 3.63. The molecule has 0 atom stereocenters. The minimum Gasteiger partial charge on any atom is -0.493 e. The summed E-state index contributed by atoms with van der Waals surface area (Å²) in [4.78, 5) is 17.1. The van der Waals surface area contributed by atoms with Gasteiger partial charge in [-0.15, -0.1) is 0 Å². The number of rotatable bonds is 10. The molecule has 0 saturated heterocycles. The molecule has 3 rings (SSSR count). The fourth-order valence-electron chi connectivity index (χ4n) is 3.15. The van der Waals surface area contributed by atoms with E-state index in [1.165, 1.54) is 13.2 Å². The molecule has 1 aromatic heterocycles. The van der Waals surface area contributed by atoms with Crippen molar-refractivity contribution in [3.05, 3.63) is 53.9 Å². The molecule has 0 spiro atoms. The van der Waals surface area contributed by atoms with Gasteiger partial charge in [-0.05, 0) is 42.5 Å². The van der Waals surface area contributed by atoms with E-state index in [1.807, 2.05) is 35.1 Å². The molecule has 0 fully saturated rings. The van der Waals surface area contributed by atoms with Crippen molar-refractivity contribution in [1.82, 2.24) is 14.9 Å². The molecule has 3 aromatic rings. The Morgan fingerprint density at radius 1 is 1.23 bits per heavy atom. The molecule has 2 aromatic carbocycles. The van der Waals surface area contributed by atoms with Gasteiger partial charge in [0.1, 0.15) is 12.4 Å². The molecule has 9 heteroatoms. The van der Waals surface area contributed by atoms with Crippen LogP contribution in [0.15, 0.2) is 42.5 Å². The SMILES string of the molecule is COc1ccc(CCNC(=O)Cn2c(CSC)nc3ccccc32)cc1OC(F)F. The van der Waals surface area contributed by atoms with E-state index in [0.29, 0.717) is 18.7 Å². The number of methoxy groups -OCH3 is 1. The van der Waals surface area contributed by atoms with Crippen LogP contribution >= 0.6 is 11.8 Å². The van der Waals surface area contributed by atoms with Crippen molar-refractivity contribution in [2.45, 2.75) is 25.3 Å². The third-order valence-electron chi connectivity index (χ3n) is 4.49. The summed E-state index contributed by atoms with van der Waals surface area (Å²) in [5.74, 6) is 1.63. The highest BCUT2D eigenvalue weighted by Crippen LogP contribution is 2.29. The van der Waals surface area contributed by atoms with Crippen LogP contribution in [-0.4, -0.2) is 42.0 Å². The summed E-state index contributed by atoms with van der Waals surface area (Å²) in [6.45, 7) is -2.41. The Balaban J connectivity index is 1.62. The molecule has 0 unspecified atom stereocenters. The van der Waals surface area contributed by atoms with E-state index in [1.54, 1.807) is 23.9 Å². The van der Waals surface area contributed by atoms with Crippen LogP contribution in [-0.2, 0) is 23.5 Å². The molecule has 160 valence electrons. The summed E-state index contributed by atoms with van der Waals surface area (Å²) in [5.41, 5.74) is 2.53. The van der Waals surface area contributed by atoms with Gasteiger partial charge in [0.2, 0.25) is 5.91 Å². The molecule has 1 heterocycles. The molecule has 0 aliphatic rings. The van der Waals surface area contributed by atoms with Crippen molar-refractivity contribution in [1.29, 1.82) is 0 Å². The van der Waals surface area contributed by atoms with Crippen LogP contribution < -0.4 is 14.8 Å². The molecular weight excluding hydrogens is 412 g/mol. The molecule has 0 bridgehead atoms. The van der Waals surface area contributed by atoms with Gasteiger partial charge in [-0.25, -0.2) is 4.98 Å². The zero-order chi connectivity index (χ0) is 21.5. The van der Waals surface area contributed by atoms with Crippen LogP contribution in [0.2, 0.25) is 0 Å². The summed E-state index contributed by atoms with van der Waals surface area (Å²) < 4.78 is 36.6. The van der Waals surface area contributed by atoms with Crippen molar-refractivity contribution in [2.75, 3.05) is 19.9 Å². The van der Waals surface area contributed by atoms with Crippen LogP contribution in [0, 0.1) is 0 Å². The first-order chi connectivity index (χ1) is 14.5. The lowest BCUT2D eigenvalue weighted by Crippen LogP contribution is -2.29. The van der Waals surface area contributed by atoms with Gasteiger partial charge in [0.15, 0.2) is 11.5 Å². The van der Waals surface area contributed by atoms with E-state index in [0.717, 1.165) is 22.4 Å². The van der Waals surface area contributed by atoms with E-state index in [2.05, 4.69) is 15.0 Å². The van der Waals surface area contributed by atoms with Crippen LogP contribution in [0.25, 0.3) is 11.0 Å². The second kappa shape index (κ2) is 10.3. The quantitative estimate of drug-likeness (QED) is 0.524. The highest BCUT2D eigenvalue weighted by atomic mass is 32.2. The standard InChI is InChI=1S/C21H23F2N3O3S/c1-28-17-8-7-14(11-18(17)29-21(22)23)9-10-24-20(27)12-26-16-6-4-3-5-15(16)25-19(26)13-30-2/h3-8,11,21H,9-10,12-13H2,1-2H3,(H,24,27). The Kier molecular flexibility index (Phi) is 7.51. The molecule has 6 nitrogen and oxygen atoms in total. The predicted molar refractivity (Wildman–Crippen MR) is 113 cm³/mol. The van der Waals surface area contributed by atoms with Crippen molar-refractivity contribution >= 4 is 28.7 Å². The number of benzene rings is 2. The van der Waals surface area contributed by atoms with Gasteiger partial charge in [0.25, 0.3) is 0 Å². The van der Waals surface area contributed by atoms with Gasteiger partial charge in [0.05, 0.1) is 23.9 Å². The Labute approximate surface area is 177 Å². The monoisotopic (exact) mass is 435 g/mol. The first-order valence-corrected chi connectivity index (χ1v) is 10.7. The van der Waals surface area contributed by atoms with E-state index >= 15 is 0 Å². The van der Waals surface area contributed by atoms with Gasteiger partial charge in [-0.1, -0.05) is 18.2 Å². The number of ether oxygens (including phenoxy) is 2. The number of nitrogens with one attached hydrogen (secondary N) is 1. The number of thioether (sulfide) groups is 1. The number of hydrogen-bond donors (Lipinski definition) is 1. The first kappa shape index (κ1) is 21.9. The van der Waals surface area contributed by atoms with E-state index < -0.39 is 6.61 Å². The highest BCUT2D eigenvalue weighted by molar-refractivity contribution is 7.97. The zero-order valence-corrected chi connectivity index (χ0v) is 17.5. The number of imidazole rings is 1. The van der Waals surface area contributed by atoms with Gasteiger partial charge < -0.3 is 19.4 Å². The summed E-state index contributed by atoms with van der Waals surface area (Å²) >= 11 is 1.64. The lowest BCUT2D eigenvalue weighted by atomic mass is 10.1. The topological polar surface area (TPSA) is 65.4 Å². The van der Waals surface area contributed by atoms with Crippen molar-refractivity contribution in [2.24, 2.45) is 0 Å². The number of hydrogen-bond acceptors (Lipinski definition) is 5. The summed E-state index contributed by atoms with van der Waals surface area (Å²) in [6, 6.07) is 12.5. The first-order valence-electron chi connectivity index (χ1n) is 9.33. The Bertz CT molecular complexity index is 1010. The van der Waals surface area contributed by atoms with Crippen LogP contribution in [0.5, 0.6) is 11.5 Å². The average molecular weight is 435 g/mol. The number of carbonyl (C=O) groups excluding carboxylic acids is 1. The Morgan fingerprint density at radius 2 is 2.03 bits per heavy atom. The lowest BCUT2D eigenvalue weighted by Gasteiger charge is -2.12. The molecule has 0 aliphatic carbocycles. The average Bonchev–Trinajstić information content (AvgIpc) is 3.05. The third kappa shape index (κ3) is 5.41. The smallest absolute Gasteiger partial charge is 0.387 e. The van der Waals surface area contributed by atoms with Crippen LogP contribution in [0.1, 0.15) is 11.4 Å².